The van der Waals surface area contributed by atoms with E-state index in [0.717, 1.165) is 12.3 Å². The summed E-state index contributed by atoms with van der Waals surface area (Å²) in [5, 5.41) is 11.5. The molecule has 0 fully saturated rings. The van der Waals surface area contributed by atoms with Gasteiger partial charge in [-0.3, -0.25) is 4.90 Å². The number of thiophene rings is 1. The Hall–Kier alpha value is -0.580. The van der Waals surface area contributed by atoms with Gasteiger partial charge in [0.25, 0.3) is 0 Å². The highest BCUT2D eigenvalue weighted by Gasteiger charge is 2.15. The molecule has 1 aromatic rings. The van der Waals surface area contributed by atoms with E-state index in [-0.39, 0.29) is 6.10 Å². The molecule has 4 heteroatoms. The summed E-state index contributed by atoms with van der Waals surface area (Å²) in [4.78, 5) is 3.47. The molecule has 0 amide bonds. The molecule has 0 aliphatic carbocycles. The van der Waals surface area contributed by atoms with Crippen molar-refractivity contribution in [3.8, 4) is 5.75 Å². The maximum absolute atomic E-state index is 9.46. The van der Waals surface area contributed by atoms with Gasteiger partial charge in [0.2, 0.25) is 0 Å². The zero-order valence-electron chi connectivity index (χ0n) is 10.4. The fourth-order valence-electron chi connectivity index (χ4n) is 1.61. The molecular weight excluding hydrogens is 222 g/mol. The van der Waals surface area contributed by atoms with Crippen LogP contribution in [0.2, 0.25) is 0 Å². The summed E-state index contributed by atoms with van der Waals surface area (Å²) in [6.07, 6.45) is -0.298. The van der Waals surface area contributed by atoms with E-state index >= 15 is 0 Å². The average molecular weight is 243 g/mol. The third-order valence-corrected chi connectivity index (χ3v) is 3.39. The summed E-state index contributed by atoms with van der Waals surface area (Å²) in [5.74, 6) is 0.946. The lowest BCUT2D eigenvalue weighted by molar-refractivity contribution is 0.103. The van der Waals surface area contributed by atoms with Crippen LogP contribution in [0, 0.1) is 0 Å². The lowest BCUT2D eigenvalue weighted by Crippen LogP contribution is -2.35. The van der Waals surface area contributed by atoms with Crippen LogP contribution >= 0.6 is 11.3 Å². The smallest absolute Gasteiger partial charge is 0.134 e. The topological polar surface area (TPSA) is 32.7 Å². The predicted molar refractivity (Wildman–Crippen MR) is 68.1 cm³/mol. The molecule has 3 nitrogen and oxygen atoms in total. The number of nitrogens with zero attached hydrogens (tertiary/aromatic N) is 1. The van der Waals surface area contributed by atoms with Gasteiger partial charge in [-0.25, -0.2) is 0 Å². The molecule has 1 aromatic heterocycles. The Morgan fingerprint density at radius 2 is 2.12 bits per heavy atom. The first-order valence-electron chi connectivity index (χ1n) is 5.57. The normalized spacial score (nSPS) is 13.4. The molecule has 1 atom stereocenters. The zero-order chi connectivity index (χ0) is 12.1. The standard InChI is InChI=1S/C12H21NO2S/c1-9(2)13(7-10(3)14)8-12-11(15-4)5-6-16-12/h5-6,9-10,14H,7-8H2,1-4H3. The van der Waals surface area contributed by atoms with Crippen LogP contribution in [0.4, 0.5) is 0 Å². The highest BCUT2D eigenvalue weighted by atomic mass is 32.1. The van der Waals surface area contributed by atoms with Crippen molar-refractivity contribution >= 4 is 11.3 Å². The minimum Gasteiger partial charge on any atom is -0.496 e. The van der Waals surface area contributed by atoms with Crippen LogP contribution in [0.15, 0.2) is 11.4 Å². The van der Waals surface area contributed by atoms with Crippen molar-refractivity contribution in [2.24, 2.45) is 0 Å². The quantitative estimate of drug-likeness (QED) is 0.832. The van der Waals surface area contributed by atoms with Gasteiger partial charge in [0.05, 0.1) is 18.1 Å². The summed E-state index contributed by atoms with van der Waals surface area (Å²) < 4.78 is 5.29. The van der Waals surface area contributed by atoms with Gasteiger partial charge < -0.3 is 9.84 Å². The Labute approximate surface area is 102 Å². The fourth-order valence-corrected chi connectivity index (χ4v) is 2.47. The van der Waals surface area contributed by atoms with Gasteiger partial charge in [-0.15, -0.1) is 11.3 Å². The van der Waals surface area contributed by atoms with Crippen LogP contribution in [-0.2, 0) is 6.54 Å². The van der Waals surface area contributed by atoms with Gasteiger partial charge in [0.1, 0.15) is 5.75 Å². The summed E-state index contributed by atoms with van der Waals surface area (Å²) >= 11 is 1.70. The van der Waals surface area contributed by atoms with E-state index in [1.807, 2.05) is 18.4 Å². The van der Waals surface area contributed by atoms with E-state index < -0.39 is 0 Å². The lowest BCUT2D eigenvalue weighted by atomic mass is 10.2. The van der Waals surface area contributed by atoms with Gasteiger partial charge in [-0.05, 0) is 32.2 Å². The maximum Gasteiger partial charge on any atom is 0.134 e. The van der Waals surface area contributed by atoms with E-state index in [9.17, 15) is 5.11 Å². The molecule has 0 radical (unpaired) electrons. The lowest BCUT2D eigenvalue weighted by Gasteiger charge is -2.27. The number of hydrogen-bond donors (Lipinski definition) is 1. The summed E-state index contributed by atoms with van der Waals surface area (Å²) in [7, 11) is 1.69. The van der Waals surface area contributed by atoms with Crippen molar-refractivity contribution in [1.29, 1.82) is 0 Å². The van der Waals surface area contributed by atoms with Crippen LogP contribution in [-0.4, -0.2) is 35.8 Å². The van der Waals surface area contributed by atoms with Crippen molar-refractivity contribution in [2.75, 3.05) is 13.7 Å². The molecule has 0 aliphatic heterocycles. The summed E-state index contributed by atoms with van der Waals surface area (Å²) in [6.45, 7) is 7.63. The number of aliphatic hydroxyl groups excluding tert-OH is 1. The molecule has 0 saturated heterocycles. The second-order valence-electron chi connectivity index (χ2n) is 4.28. The van der Waals surface area contributed by atoms with Crippen LogP contribution < -0.4 is 4.74 Å². The van der Waals surface area contributed by atoms with E-state index in [4.69, 9.17) is 4.74 Å². The molecule has 0 aromatic carbocycles. The van der Waals surface area contributed by atoms with Crippen molar-refractivity contribution in [2.45, 2.75) is 39.5 Å². The molecule has 0 bridgehead atoms. The van der Waals surface area contributed by atoms with E-state index in [1.54, 1.807) is 18.4 Å². The van der Waals surface area contributed by atoms with Crippen molar-refractivity contribution in [1.82, 2.24) is 4.90 Å². The van der Waals surface area contributed by atoms with Crippen LogP contribution in [0.5, 0.6) is 5.75 Å². The molecule has 92 valence electrons. The molecule has 0 spiro atoms. The first kappa shape index (κ1) is 13.5. The first-order valence-corrected chi connectivity index (χ1v) is 6.45. The van der Waals surface area contributed by atoms with Crippen LogP contribution in [0.3, 0.4) is 0 Å². The Bertz CT molecular complexity index is 310. The molecule has 0 saturated carbocycles. The molecule has 1 N–H and O–H groups in total. The Morgan fingerprint density at radius 3 is 2.62 bits per heavy atom. The Balaban J connectivity index is 2.67. The zero-order valence-corrected chi connectivity index (χ0v) is 11.3. The van der Waals surface area contributed by atoms with Gasteiger partial charge in [0, 0.05) is 19.1 Å². The number of methoxy groups -OCH3 is 1. The minimum atomic E-state index is -0.298. The van der Waals surface area contributed by atoms with Crippen molar-refractivity contribution in [3.05, 3.63) is 16.3 Å². The van der Waals surface area contributed by atoms with Crippen LogP contribution in [0.1, 0.15) is 25.6 Å². The molecular formula is C12H21NO2S. The first-order chi connectivity index (χ1) is 7.54. The van der Waals surface area contributed by atoms with E-state index in [2.05, 4.69) is 18.7 Å². The fraction of sp³-hybridized carbons (Fsp3) is 0.667. The molecule has 0 aliphatic rings. The highest BCUT2D eigenvalue weighted by molar-refractivity contribution is 7.10. The monoisotopic (exact) mass is 243 g/mol. The predicted octanol–water partition coefficient (Wildman–Crippen LogP) is 2.35. The third kappa shape index (κ3) is 3.77. The van der Waals surface area contributed by atoms with Crippen molar-refractivity contribution in [3.63, 3.8) is 0 Å². The van der Waals surface area contributed by atoms with Gasteiger partial charge in [-0.1, -0.05) is 0 Å². The molecule has 1 unspecified atom stereocenters. The second-order valence-corrected chi connectivity index (χ2v) is 5.29. The maximum atomic E-state index is 9.46. The minimum absolute atomic E-state index is 0.298. The summed E-state index contributed by atoms with van der Waals surface area (Å²) in [5.41, 5.74) is 0. The number of hydrogen-bond acceptors (Lipinski definition) is 4. The molecule has 1 rings (SSSR count). The average Bonchev–Trinajstić information content (AvgIpc) is 2.63. The van der Waals surface area contributed by atoms with Gasteiger partial charge in [0.15, 0.2) is 0 Å². The van der Waals surface area contributed by atoms with Gasteiger partial charge in [-0.2, -0.15) is 0 Å². The largest absolute Gasteiger partial charge is 0.496 e. The number of ether oxygens (including phenoxy) is 1. The molecule has 1 heterocycles. The summed E-state index contributed by atoms with van der Waals surface area (Å²) in [6, 6.07) is 2.40. The molecule has 16 heavy (non-hydrogen) atoms. The SMILES string of the molecule is COc1ccsc1CN(CC(C)O)C(C)C. The van der Waals surface area contributed by atoms with Gasteiger partial charge >= 0.3 is 0 Å². The van der Waals surface area contributed by atoms with Crippen molar-refractivity contribution < 1.29 is 9.84 Å². The third-order valence-electron chi connectivity index (χ3n) is 2.50. The van der Waals surface area contributed by atoms with Crippen LogP contribution in [0.25, 0.3) is 0 Å². The number of aliphatic hydroxyl groups is 1. The second kappa shape index (κ2) is 6.23. The Kier molecular flexibility index (Phi) is 5.25. The van der Waals surface area contributed by atoms with E-state index in [1.165, 1.54) is 4.88 Å². The Morgan fingerprint density at radius 1 is 1.44 bits per heavy atom. The van der Waals surface area contributed by atoms with E-state index in [0.29, 0.717) is 12.6 Å². The highest BCUT2D eigenvalue weighted by Crippen LogP contribution is 2.26. The number of rotatable bonds is 6.